The SMILES string of the molecule is c1ccc2c(c1)ccc1c[n+]3c(ccc4ccccc43)cc12. The number of nitrogens with zero attached hydrogens (tertiary/aromatic N) is 1. The molecule has 0 saturated heterocycles. The summed E-state index contributed by atoms with van der Waals surface area (Å²) in [7, 11) is 0. The fourth-order valence-corrected chi connectivity index (χ4v) is 3.38. The number of hydrogen-bond acceptors (Lipinski definition) is 0. The molecule has 2 heterocycles. The smallest absolute Gasteiger partial charge is 0.159 e. The van der Waals surface area contributed by atoms with Crippen molar-refractivity contribution in [3.8, 4) is 0 Å². The highest BCUT2D eigenvalue weighted by molar-refractivity contribution is 6.08. The molecule has 5 rings (SSSR count). The Labute approximate surface area is 128 Å². The maximum absolute atomic E-state index is 2.30. The van der Waals surface area contributed by atoms with E-state index in [1.165, 1.54) is 38.0 Å². The van der Waals surface area contributed by atoms with Crippen LogP contribution in [0.1, 0.15) is 0 Å². The first-order valence-corrected chi connectivity index (χ1v) is 7.55. The van der Waals surface area contributed by atoms with Crippen molar-refractivity contribution in [1.82, 2.24) is 0 Å². The van der Waals surface area contributed by atoms with Crippen molar-refractivity contribution in [1.29, 1.82) is 0 Å². The van der Waals surface area contributed by atoms with Crippen molar-refractivity contribution in [3.05, 3.63) is 85.1 Å². The molecule has 0 aliphatic carbocycles. The van der Waals surface area contributed by atoms with E-state index in [0.29, 0.717) is 0 Å². The third-order valence-corrected chi connectivity index (χ3v) is 4.47. The third kappa shape index (κ3) is 1.57. The van der Waals surface area contributed by atoms with Crippen LogP contribution < -0.4 is 4.40 Å². The van der Waals surface area contributed by atoms with Gasteiger partial charge in [0, 0.05) is 34.4 Å². The van der Waals surface area contributed by atoms with Crippen LogP contribution in [0.25, 0.3) is 38.0 Å². The molecule has 102 valence electrons. The van der Waals surface area contributed by atoms with Crippen molar-refractivity contribution in [2.45, 2.75) is 0 Å². The summed E-state index contributed by atoms with van der Waals surface area (Å²) in [6.07, 6.45) is 2.25. The highest BCUT2D eigenvalue weighted by atomic mass is 14.9. The van der Waals surface area contributed by atoms with E-state index in [9.17, 15) is 0 Å². The van der Waals surface area contributed by atoms with Gasteiger partial charge in [-0.25, -0.2) is 0 Å². The molecule has 0 bridgehead atoms. The van der Waals surface area contributed by atoms with Crippen LogP contribution in [-0.4, -0.2) is 0 Å². The third-order valence-electron chi connectivity index (χ3n) is 4.47. The van der Waals surface area contributed by atoms with Gasteiger partial charge < -0.3 is 0 Å². The predicted octanol–water partition coefficient (Wildman–Crippen LogP) is 4.88. The largest absolute Gasteiger partial charge is 0.218 e. The van der Waals surface area contributed by atoms with Gasteiger partial charge >= 0.3 is 0 Å². The number of benzene rings is 3. The molecule has 0 aliphatic heterocycles. The fraction of sp³-hybridized carbons (Fsp3) is 0. The molecule has 1 heteroatoms. The minimum Gasteiger partial charge on any atom is -0.159 e. The Balaban J connectivity index is 2.02. The Morgan fingerprint density at radius 1 is 0.545 bits per heavy atom. The molecule has 0 radical (unpaired) electrons. The number of aromatic nitrogens is 1. The van der Waals surface area contributed by atoms with Crippen LogP contribution in [0.3, 0.4) is 0 Å². The molecule has 1 nitrogen and oxygen atoms in total. The Kier molecular flexibility index (Phi) is 2.28. The van der Waals surface area contributed by atoms with Crippen molar-refractivity contribution >= 4 is 38.0 Å². The summed E-state index contributed by atoms with van der Waals surface area (Å²) in [5.74, 6) is 0. The van der Waals surface area contributed by atoms with Crippen LogP contribution in [0.5, 0.6) is 0 Å². The lowest BCUT2D eigenvalue weighted by Crippen LogP contribution is -2.22. The highest BCUT2D eigenvalue weighted by Crippen LogP contribution is 2.25. The standard InChI is InChI=1S/C21H14N/c1-3-7-19-15(5-1)9-10-17-14-22-18(13-20(17)19)12-11-16-6-2-4-8-21(16)22/h1-14H/q+1. The quantitative estimate of drug-likeness (QED) is 0.216. The highest BCUT2D eigenvalue weighted by Gasteiger charge is 2.11. The van der Waals surface area contributed by atoms with E-state index in [4.69, 9.17) is 0 Å². The first-order valence-electron chi connectivity index (χ1n) is 7.55. The van der Waals surface area contributed by atoms with E-state index in [1.54, 1.807) is 0 Å². The zero-order valence-corrected chi connectivity index (χ0v) is 12.0. The molecule has 0 aliphatic rings. The van der Waals surface area contributed by atoms with E-state index in [0.717, 1.165) is 0 Å². The van der Waals surface area contributed by atoms with Crippen molar-refractivity contribution in [3.63, 3.8) is 0 Å². The van der Waals surface area contributed by atoms with Gasteiger partial charge in [-0.15, -0.1) is 0 Å². The van der Waals surface area contributed by atoms with Crippen LogP contribution in [0.15, 0.2) is 85.1 Å². The Bertz CT molecular complexity index is 1080. The molecule has 3 aromatic carbocycles. The van der Waals surface area contributed by atoms with Crippen molar-refractivity contribution < 1.29 is 4.40 Å². The molecule has 22 heavy (non-hydrogen) atoms. The van der Waals surface area contributed by atoms with Crippen LogP contribution in [0.2, 0.25) is 0 Å². The molecule has 2 aromatic heterocycles. The molecule has 0 amide bonds. The lowest BCUT2D eigenvalue weighted by molar-refractivity contribution is -0.479. The second kappa shape index (κ2) is 4.28. The first-order chi connectivity index (χ1) is 10.9. The Morgan fingerprint density at radius 3 is 2.23 bits per heavy atom. The molecular formula is C21H14N+. The predicted molar refractivity (Wildman–Crippen MR) is 92.1 cm³/mol. The summed E-state index contributed by atoms with van der Waals surface area (Å²) in [4.78, 5) is 0. The number of fused-ring (bicyclic) bond motifs is 6. The van der Waals surface area contributed by atoms with Gasteiger partial charge in [0.1, 0.15) is 0 Å². The van der Waals surface area contributed by atoms with E-state index in [1.807, 2.05) is 0 Å². The van der Waals surface area contributed by atoms with Crippen LogP contribution in [0, 0.1) is 0 Å². The van der Waals surface area contributed by atoms with Gasteiger partial charge in [0.15, 0.2) is 6.20 Å². The van der Waals surface area contributed by atoms with Gasteiger partial charge in [0.25, 0.3) is 0 Å². The molecular weight excluding hydrogens is 266 g/mol. The lowest BCUT2D eigenvalue weighted by Gasteiger charge is -2.04. The van der Waals surface area contributed by atoms with Crippen LogP contribution >= 0.6 is 0 Å². The number of hydrogen-bond donors (Lipinski definition) is 0. The van der Waals surface area contributed by atoms with Gasteiger partial charge in [-0.2, -0.15) is 4.40 Å². The van der Waals surface area contributed by atoms with E-state index in [2.05, 4.69) is 89.5 Å². The molecule has 0 N–H and O–H groups in total. The first kappa shape index (κ1) is 11.7. The summed E-state index contributed by atoms with van der Waals surface area (Å²) < 4.78 is 2.28. The summed E-state index contributed by atoms with van der Waals surface area (Å²) in [5.41, 5.74) is 2.47. The van der Waals surface area contributed by atoms with Gasteiger partial charge in [-0.1, -0.05) is 42.5 Å². The van der Waals surface area contributed by atoms with Gasteiger partial charge in [0.2, 0.25) is 11.0 Å². The van der Waals surface area contributed by atoms with Gasteiger partial charge in [-0.05, 0) is 29.0 Å². The van der Waals surface area contributed by atoms with E-state index in [-0.39, 0.29) is 0 Å². The van der Waals surface area contributed by atoms with Crippen LogP contribution in [0.4, 0.5) is 0 Å². The zero-order valence-electron chi connectivity index (χ0n) is 12.0. The molecule has 0 atom stereocenters. The normalized spacial score (nSPS) is 11.6. The topological polar surface area (TPSA) is 4.10 Å². The van der Waals surface area contributed by atoms with Gasteiger partial charge in [-0.3, -0.25) is 0 Å². The number of pyridine rings is 2. The Morgan fingerprint density at radius 2 is 1.27 bits per heavy atom. The van der Waals surface area contributed by atoms with Crippen molar-refractivity contribution in [2.24, 2.45) is 0 Å². The zero-order chi connectivity index (χ0) is 14.5. The summed E-state index contributed by atoms with van der Waals surface area (Å²) >= 11 is 0. The second-order valence-corrected chi connectivity index (χ2v) is 5.75. The summed E-state index contributed by atoms with van der Waals surface area (Å²) in [5, 5.41) is 6.46. The summed E-state index contributed by atoms with van der Waals surface area (Å²) in [6, 6.07) is 28.2. The minimum atomic E-state index is 1.22. The average molecular weight is 280 g/mol. The molecule has 0 fully saturated rings. The van der Waals surface area contributed by atoms with Gasteiger partial charge in [0.05, 0.1) is 0 Å². The maximum Gasteiger partial charge on any atom is 0.218 e. The summed E-state index contributed by atoms with van der Waals surface area (Å²) in [6.45, 7) is 0. The molecule has 0 unspecified atom stereocenters. The molecule has 5 aromatic rings. The van der Waals surface area contributed by atoms with E-state index >= 15 is 0 Å². The lowest BCUT2D eigenvalue weighted by atomic mass is 10.0. The van der Waals surface area contributed by atoms with E-state index < -0.39 is 0 Å². The number of rotatable bonds is 0. The molecule has 0 saturated carbocycles. The fourth-order valence-electron chi connectivity index (χ4n) is 3.38. The Hall–Kier alpha value is -2.93. The number of para-hydroxylation sites is 1. The molecule has 0 spiro atoms. The average Bonchev–Trinajstić information content (AvgIpc) is 2.60. The monoisotopic (exact) mass is 280 g/mol. The second-order valence-electron chi connectivity index (χ2n) is 5.75. The van der Waals surface area contributed by atoms with Crippen molar-refractivity contribution in [2.75, 3.05) is 0 Å². The minimum absolute atomic E-state index is 1.22. The maximum atomic E-state index is 2.30. The van der Waals surface area contributed by atoms with Crippen LogP contribution in [-0.2, 0) is 0 Å².